The molecule has 3 fully saturated rings. The van der Waals surface area contributed by atoms with E-state index in [9.17, 15) is 27.6 Å². The van der Waals surface area contributed by atoms with Crippen LogP contribution in [-0.4, -0.2) is 29.3 Å². The highest BCUT2D eigenvalue weighted by Crippen LogP contribution is 2.70. The maximum atomic E-state index is 14.2. The Hall–Kier alpha value is -1.66. The van der Waals surface area contributed by atoms with Crippen LogP contribution >= 0.6 is 0 Å². The number of halogens is 3. The SMILES string of the molecule is CC(=O)O[C@@]1(C(C)=O)CC[C@H]2[C@@H]3C[C@@H](C(F)(F)F)C4=CC(=O)CC[C@]4(C)[C@H]3CC[C@@]21C. The van der Waals surface area contributed by atoms with E-state index in [1.807, 2.05) is 13.8 Å². The molecule has 0 aromatic carbocycles. The first kappa shape index (κ1) is 22.5. The maximum absolute atomic E-state index is 14.2. The Balaban J connectivity index is 1.79. The fourth-order valence-electron chi connectivity index (χ4n) is 8.01. The molecule has 4 aliphatic rings. The first-order valence-corrected chi connectivity index (χ1v) is 11.3. The van der Waals surface area contributed by atoms with Gasteiger partial charge in [0.15, 0.2) is 17.2 Å². The van der Waals surface area contributed by atoms with Gasteiger partial charge >= 0.3 is 12.1 Å². The summed E-state index contributed by atoms with van der Waals surface area (Å²) < 4.78 is 48.2. The summed E-state index contributed by atoms with van der Waals surface area (Å²) in [7, 11) is 0. The predicted octanol–water partition coefficient (Wildman–Crippen LogP) is 5.20. The molecule has 0 bridgehead atoms. The van der Waals surface area contributed by atoms with Crippen molar-refractivity contribution in [2.24, 2.45) is 34.5 Å². The third-order valence-electron chi connectivity index (χ3n) is 9.41. The number of alkyl halides is 3. The third kappa shape index (κ3) is 3.05. The molecular weight excluding hydrogens is 409 g/mol. The lowest BCUT2D eigenvalue weighted by Crippen LogP contribution is -2.60. The van der Waals surface area contributed by atoms with Gasteiger partial charge in [-0.25, -0.2) is 0 Å². The van der Waals surface area contributed by atoms with Crippen LogP contribution in [0.15, 0.2) is 11.6 Å². The molecule has 0 amide bonds. The molecule has 0 heterocycles. The largest absolute Gasteiger partial charge is 0.451 e. The van der Waals surface area contributed by atoms with Gasteiger partial charge in [-0.1, -0.05) is 13.8 Å². The van der Waals surface area contributed by atoms with Gasteiger partial charge in [0, 0.05) is 18.8 Å². The first-order chi connectivity index (χ1) is 14.3. The fourth-order valence-corrected chi connectivity index (χ4v) is 8.01. The van der Waals surface area contributed by atoms with E-state index in [1.54, 1.807) is 0 Å². The lowest BCUT2D eigenvalue weighted by atomic mass is 9.44. The Labute approximate surface area is 181 Å². The molecule has 0 aromatic rings. The van der Waals surface area contributed by atoms with Gasteiger partial charge in [-0.15, -0.1) is 0 Å². The van der Waals surface area contributed by atoms with Crippen molar-refractivity contribution in [3.05, 3.63) is 11.6 Å². The smallest absolute Gasteiger partial charge is 0.395 e. The summed E-state index contributed by atoms with van der Waals surface area (Å²) in [5.41, 5.74) is -2.34. The molecule has 4 aliphatic carbocycles. The van der Waals surface area contributed by atoms with Crippen molar-refractivity contribution in [3.63, 3.8) is 0 Å². The van der Waals surface area contributed by atoms with Crippen LogP contribution in [0.2, 0.25) is 0 Å². The Bertz CT molecular complexity index is 861. The zero-order chi connectivity index (χ0) is 23.0. The lowest BCUT2D eigenvalue weighted by Gasteiger charge is -2.60. The Morgan fingerprint density at radius 3 is 2.29 bits per heavy atom. The number of carbonyl (C=O) groups is 3. The molecule has 0 unspecified atom stereocenters. The molecule has 0 N–H and O–H groups in total. The number of rotatable bonds is 2. The number of allylic oxidation sites excluding steroid dienone is 1. The molecule has 4 nitrogen and oxygen atoms in total. The number of hydrogen-bond donors (Lipinski definition) is 0. The number of carbonyl (C=O) groups excluding carboxylic acids is 3. The summed E-state index contributed by atoms with van der Waals surface area (Å²) in [6.45, 7) is 6.55. The van der Waals surface area contributed by atoms with Crippen molar-refractivity contribution in [3.8, 4) is 0 Å². The predicted molar refractivity (Wildman–Crippen MR) is 107 cm³/mol. The van der Waals surface area contributed by atoms with Crippen molar-refractivity contribution in [1.29, 1.82) is 0 Å². The number of fused-ring (bicyclic) bond motifs is 5. The summed E-state index contributed by atoms with van der Waals surface area (Å²) in [4.78, 5) is 36.7. The second-order valence-electron chi connectivity index (χ2n) is 10.7. The van der Waals surface area contributed by atoms with Crippen molar-refractivity contribution >= 4 is 17.5 Å². The fraction of sp³-hybridized carbons (Fsp3) is 0.792. The summed E-state index contributed by atoms with van der Waals surface area (Å²) in [5, 5.41) is 0. The van der Waals surface area contributed by atoms with Gasteiger partial charge in [0.05, 0.1) is 5.92 Å². The van der Waals surface area contributed by atoms with Crippen LogP contribution in [0.4, 0.5) is 13.2 Å². The van der Waals surface area contributed by atoms with Crippen molar-refractivity contribution in [2.45, 2.75) is 84.4 Å². The molecule has 0 aromatic heterocycles. The summed E-state index contributed by atoms with van der Waals surface area (Å²) in [5.74, 6) is -2.92. The Morgan fingerprint density at radius 2 is 1.71 bits per heavy atom. The van der Waals surface area contributed by atoms with Gasteiger partial charge in [-0.3, -0.25) is 14.4 Å². The highest BCUT2D eigenvalue weighted by Gasteiger charge is 2.69. The molecule has 7 heteroatoms. The summed E-state index contributed by atoms with van der Waals surface area (Å²) in [6, 6.07) is 0. The minimum absolute atomic E-state index is 0.0311. The average Bonchev–Trinajstić information content (AvgIpc) is 2.94. The third-order valence-corrected chi connectivity index (χ3v) is 9.41. The molecule has 0 aliphatic heterocycles. The van der Waals surface area contributed by atoms with E-state index < -0.39 is 34.5 Å². The maximum Gasteiger partial charge on any atom is 0.395 e. The highest BCUT2D eigenvalue weighted by molar-refractivity contribution is 5.92. The highest BCUT2D eigenvalue weighted by atomic mass is 19.4. The Kier molecular flexibility index (Phi) is 5.03. The van der Waals surface area contributed by atoms with Gasteiger partial charge in [-0.2, -0.15) is 13.2 Å². The first-order valence-electron chi connectivity index (χ1n) is 11.3. The van der Waals surface area contributed by atoms with E-state index >= 15 is 0 Å². The Morgan fingerprint density at radius 1 is 1.06 bits per heavy atom. The second kappa shape index (κ2) is 6.92. The topological polar surface area (TPSA) is 60.4 Å². The van der Waals surface area contributed by atoms with E-state index in [2.05, 4.69) is 0 Å². The number of esters is 1. The monoisotopic (exact) mass is 440 g/mol. The quantitative estimate of drug-likeness (QED) is 0.554. The van der Waals surface area contributed by atoms with Gasteiger partial charge in [-0.05, 0) is 80.3 Å². The average molecular weight is 441 g/mol. The van der Waals surface area contributed by atoms with Crippen LogP contribution in [0.3, 0.4) is 0 Å². The minimum atomic E-state index is -4.42. The van der Waals surface area contributed by atoms with Crippen molar-refractivity contribution in [2.75, 3.05) is 0 Å². The van der Waals surface area contributed by atoms with E-state index in [0.29, 0.717) is 32.1 Å². The minimum Gasteiger partial charge on any atom is -0.451 e. The van der Waals surface area contributed by atoms with Gasteiger partial charge < -0.3 is 4.74 Å². The zero-order valence-corrected chi connectivity index (χ0v) is 18.6. The van der Waals surface area contributed by atoms with Crippen molar-refractivity contribution in [1.82, 2.24) is 0 Å². The molecule has 172 valence electrons. The van der Waals surface area contributed by atoms with Crippen LogP contribution in [0.1, 0.15) is 72.6 Å². The van der Waals surface area contributed by atoms with E-state index in [1.165, 1.54) is 19.9 Å². The molecular formula is C24H31F3O4. The normalized spacial score (nSPS) is 44.6. The number of Topliss-reactive ketones (excluding diaryl/α,β-unsaturated/α-hetero) is 1. The molecule has 31 heavy (non-hydrogen) atoms. The van der Waals surface area contributed by atoms with Gasteiger partial charge in [0.25, 0.3) is 0 Å². The molecule has 0 radical (unpaired) electrons. The second-order valence-corrected chi connectivity index (χ2v) is 10.7. The molecule has 3 saturated carbocycles. The number of hydrogen-bond acceptors (Lipinski definition) is 4. The van der Waals surface area contributed by atoms with Crippen LogP contribution in [-0.2, 0) is 19.1 Å². The molecule has 0 spiro atoms. The standard InChI is InChI=1S/C24H31F3O4/c1-13(28)23(31-14(2)29)10-7-18-16-12-20(24(25,26)27)19-11-15(30)5-8-21(19,3)17(16)6-9-22(18,23)4/h11,16-18,20H,5-10,12H2,1-4H3/t16-,17+,18+,20-,21-,22+,23-/m1/s1. The molecule has 0 saturated heterocycles. The summed E-state index contributed by atoms with van der Waals surface area (Å²) >= 11 is 0. The molecule has 7 atom stereocenters. The lowest BCUT2D eigenvalue weighted by molar-refractivity contribution is -0.204. The zero-order valence-electron chi connectivity index (χ0n) is 18.6. The van der Waals surface area contributed by atoms with E-state index in [0.717, 1.165) is 0 Å². The van der Waals surface area contributed by atoms with E-state index in [4.69, 9.17) is 4.74 Å². The van der Waals surface area contributed by atoms with Crippen LogP contribution < -0.4 is 0 Å². The number of ketones is 2. The van der Waals surface area contributed by atoms with Crippen LogP contribution in [0.25, 0.3) is 0 Å². The van der Waals surface area contributed by atoms with Crippen molar-refractivity contribution < 1.29 is 32.3 Å². The summed E-state index contributed by atoms with van der Waals surface area (Å²) in [6.07, 6.45) is -0.257. The van der Waals surface area contributed by atoms with Crippen LogP contribution in [0.5, 0.6) is 0 Å². The van der Waals surface area contributed by atoms with Gasteiger partial charge in [0.1, 0.15) is 0 Å². The molecule has 4 rings (SSSR count). The van der Waals surface area contributed by atoms with Crippen LogP contribution in [0, 0.1) is 34.5 Å². The van der Waals surface area contributed by atoms with E-state index in [-0.39, 0.29) is 47.7 Å². The van der Waals surface area contributed by atoms with Gasteiger partial charge in [0.2, 0.25) is 0 Å². The number of ether oxygens (including phenoxy) is 1.